The van der Waals surface area contributed by atoms with Gasteiger partial charge >= 0.3 is 0 Å². The van der Waals surface area contributed by atoms with Crippen LogP contribution in [-0.4, -0.2) is 56.2 Å². The molecule has 0 saturated carbocycles. The van der Waals surface area contributed by atoms with Gasteiger partial charge in [0.1, 0.15) is 17.8 Å². The van der Waals surface area contributed by atoms with Crippen LogP contribution in [0.25, 0.3) is 11.3 Å². The largest absolute Gasteiger partial charge is 0.479 e. The van der Waals surface area contributed by atoms with Crippen LogP contribution in [0.15, 0.2) is 43.0 Å². The molecule has 3 heterocycles. The second-order valence-corrected chi connectivity index (χ2v) is 6.43. The Morgan fingerprint density at radius 1 is 1.11 bits per heavy atom. The Labute approximate surface area is 156 Å². The molecule has 3 aromatic rings. The van der Waals surface area contributed by atoms with Crippen LogP contribution in [0.3, 0.4) is 0 Å². The molecule has 1 aliphatic rings. The number of H-pyrrole nitrogens is 1. The molecule has 0 bridgehead atoms. The van der Waals surface area contributed by atoms with Crippen molar-refractivity contribution in [3.63, 3.8) is 0 Å². The summed E-state index contributed by atoms with van der Waals surface area (Å²) < 4.78 is 5.25. The van der Waals surface area contributed by atoms with Crippen molar-refractivity contribution in [3.8, 4) is 17.1 Å². The normalized spacial score (nSPS) is 14.9. The zero-order valence-electron chi connectivity index (χ0n) is 15.0. The number of likely N-dealkylation sites (tertiary alicyclic amines) is 1. The number of hydrogen-bond acceptors (Lipinski definition) is 6. The van der Waals surface area contributed by atoms with E-state index in [4.69, 9.17) is 4.74 Å². The van der Waals surface area contributed by atoms with Crippen molar-refractivity contribution in [1.29, 1.82) is 0 Å². The number of hydrogen-bond donors (Lipinski definition) is 1. The van der Waals surface area contributed by atoms with Gasteiger partial charge in [0.2, 0.25) is 5.88 Å². The number of nitrogens with zero attached hydrogens (tertiary/aromatic N) is 5. The van der Waals surface area contributed by atoms with E-state index in [9.17, 15) is 4.79 Å². The molecule has 1 N–H and O–H groups in total. The lowest BCUT2D eigenvalue weighted by molar-refractivity contribution is 0.0711. The summed E-state index contributed by atoms with van der Waals surface area (Å²) in [5, 5.41) is 6.84. The standard InChI is InChI=1S/C19H20N6O2/c1-27-18-16(20-8-9-21-18)13-2-4-15(5-3-13)19(26)25-10-6-14(7-11-25)17-22-12-23-24-17/h2-5,8-9,12,14H,6-7,10-11H2,1H3,(H,22,23,24). The molecule has 1 amide bonds. The van der Waals surface area contributed by atoms with E-state index in [2.05, 4.69) is 25.1 Å². The first kappa shape index (κ1) is 17.1. The molecule has 2 aromatic heterocycles. The van der Waals surface area contributed by atoms with Crippen molar-refractivity contribution >= 4 is 5.91 Å². The molecule has 1 aromatic carbocycles. The number of aromatic amines is 1. The van der Waals surface area contributed by atoms with Crippen molar-refractivity contribution in [2.24, 2.45) is 0 Å². The van der Waals surface area contributed by atoms with Gasteiger partial charge in [-0.25, -0.2) is 15.0 Å². The van der Waals surface area contributed by atoms with E-state index in [1.165, 1.54) is 6.33 Å². The highest BCUT2D eigenvalue weighted by atomic mass is 16.5. The van der Waals surface area contributed by atoms with E-state index in [-0.39, 0.29) is 5.91 Å². The van der Waals surface area contributed by atoms with E-state index in [0.717, 1.165) is 24.2 Å². The van der Waals surface area contributed by atoms with E-state index >= 15 is 0 Å². The molecule has 8 heteroatoms. The molecular weight excluding hydrogens is 344 g/mol. The van der Waals surface area contributed by atoms with Crippen molar-refractivity contribution in [2.45, 2.75) is 18.8 Å². The molecule has 1 fully saturated rings. The highest BCUT2D eigenvalue weighted by Gasteiger charge is 2.26. The number of benzene rings is 1. The van der Waals surface area contributed by atoms with Gasteiger partial charge < -0.3 is 9.64 Å². The quantitative estimate of drug-likeness (QED) is 0.763. The molecule has 1 saturated heterocycles. The van der Waals surface area contributed by atoms with Crippen molar-refractivity contribution in [3.05, 3.63) is 54.4 Å². The summed E-state index contributed by atoms with van der Waals surface area (Å²) in [5.74, 6) is 1.75. The molecule has 8 nitrogen and oxygen atoms in total. The molecule has 0 atom stereocenters. The van der Waals surface area contributed by atoms with Crippen LogP contribution in [0.4, 0.5) is 0 Å². The molecule has 0 radical (unpaired) electrons. The van der Waals surface area contributed by atoms with E-state index in [1.807, 2.05) is 29.2 Å². The van der Waals surface area contributed by atoms with Crippen LogP contribution in [0.1, 0.15) is 34.9 Å². The highest BCUT2D eigenvalue weighted by molar-refractivity contribution is 5.94. The Morgan fingerprint density at radius 3 is 2.52 bits per heavy atom. The Morgan fingerprint density at radius 2 is 1.85 bits per heavy atom. The Bertz CT molecular complexity index is 902. The Hall–Kier alpha value is -3.29. The highest BCUT2D eigenvalue weighted by Crippen LogP contribution is 2.28. The van der Waals surface area contributed by atoms with Gasteiger partial charge in [-0.2, -0.15) is 5.10 Å². The summed E-state index contributed by atoms with van der Waals surface area (Å²) in [4.78, 5) is 27.4. The Kier molecular flexibility index (Phi) is 4.78. The van der Waals surface area contributed by atoms with Crippen molar-refractivity contribution in [2.75, 3.05) is 20.2 Å². The van der Waals surface area contributed by atoms with E-state index < -0.39 is 0 Å². The van der Waals surface area contributed by atoms with Crippen LogP contribution in [0.2, 0.25) is 0 Å². The average Bonchev–Trinajstić information content (AvgIpc) is 3.28. The third kappa shape index (κ3) is 3.51. The maximum Gasteiger partial charge on any atom is 0.253 e. The average molecular weight is 364 g/mol. The zero-order chi connectivity index (χ0) is 18.6. The first-order chi connectivity index (χ1) is 13.3. The number of aromatic nitrogens is 5. The first-order valence-corrected chi connectivity index (χ1v) is 8.86. The van der Waals surface area contributed by atoms with Gasteiger partial charge in [0.05, 0.1) is 7.11 Å². The predicted octanol–water partition coefficient (Wildman–Crippen LogP) is 2.29. The number of nitrogens with one attached hydrogen (secondary N) is 1. The number of carbonyl (C=O) groups excluding carboxylic acids is 1. The number of methoxy groups -OCH3 is 1. The number of piperidine rings is 1. The topological polar surface area (TPSA) is 96.9 Å². The van der Waals surface area contributed by atoms with Crippen molar-refractivity contribution in [1.82, 2.24) is 30.0 Å². The smallest absolute Gasteiger partial charge is 0.253 e. The van der Waals surface area contributed by atoms with Gasteiger partial charge in [0.25, 0.3) is 5.91 Å². The zero-order valence-corrected chi connectivity index (χ0v) is 15.0. The van der Waals surface area contributed by atoms with Crippen LogP contribution in [-0.2, 0) is 0 Å². The Balaban J connectivity index is 1.44. The number of carbonyl (C=O) groups is 1. The molecule has 27 heavy (non-hydrogen) atoms. The van der Waals surface area contributed by atoms with Gasteiger partial charge in [-0.15, -0.1) is 0 Å². The van der Waals surface area contributed by atoms with Crippen LogP contribution >= 0.6 is 0 Å². The summed E-state index contributed by atoms with van der Waals surface area (Å²) in [6, 6.07) is 7.41. The van der Waals surface area contributed by atoms with Crippen LogP contribution in [0, 0.1) is 0 Å². The third-order valence-electron chi connectivity index (χ3n) is 4.87. The van der Waals surface area contributed by atoms with Gasteiger partial charge in [0, 0.05) is 42.5 Å². The molecule has 138 valence electrons. The molecule has 0 unspecified atom stereocenters. The molecular formula is C19H20N6O2. The minimum Gasteiger partial charge on any atom is -0.479 e. The molecule has 1 aliphatic heterocycles. The molecule has 0 aliphatic carbocycles. The summed E-state index contributed by atoms with van der Waals surface area (Å²) in [6.07, 6.45) is 6.50. The van der Waals surface area contributed by atoms with Gasteiger partial charge in [-0.3, -0.25) is 9.89 Å². The fraction of sp³-hybridized carbons (Fsp3) is 0.316. The number of ether oxygens (including phenoxy) is 1. The minimum atomic E-state index is 0.0451. The number of rotatable bonds is 4. The second-order valence-electron chi connectivity index (χ2n) is 6.43. The monoisotopic (exact) mass is 364 g/mol. The fourth-order valence-electron chi connectivity index (χ4n) is 3.39. The fourth-order valence-corrected chi connectivity index (χ4v) is 3.39. The van der Waals surface area contributed by atoms with Crippen LogP contribution in [0.5, 0.6) is 5.88 Å². The third-order valence-corrected chi connectivity index (χ3v) is 4.87. The maximum absolute atomic E-state index is 12.8. The lowest BCUT2D eigenvalue weighted by Gasteiger charge is -2.31. The molecule has 0 spiro atoms. The lowest BCUT2D eigenvalue weighted by atomic mass is 9.95. The SMILES string of the molecule is COc1nccnc1-c1ccc(C(=O)N2CCC(c3ncn[nH]3)CC2)cc1. The summed E-state index contributed by atoms with van der Waals surface area (Å²) in [6.45, 7) is 1.42. The van der Waals surface area contributed by atoms with Crippen LogP contribution < -0.4 is 4.74 Å². The molecule has 4 rings (SSSR count). The summed E-state index contributed by atoms with van der Waals surface area (Å²) in [7, 11) is 1.56. The lowest BCUT2D eigenvalue weighted by Crippen LogP contribution is -2.38. The summed E-state index contributed by atoms with van der Waals surface area (Å²) in [5.41, 5.74) is 2.19. The van der Waals surface area contributed by atoms with E-state index in [0.29, 0.717) is 36.1 Å². The van der Waals surface area contributed by atoms with Crippen molar-refractivity contribution < 1.29 is 9.53 Å². The number of amides is 1. The second kappa shape index (κ2) is 7.53. The first-order valence-electron chi connectivity index (χ1n) is 8.86. The minimum absolute atomic E-state index is 0.0451. The van der Waals surface area contributed by atoms with E-state index in [1.54, 1.807) is 19.5 Å². The van der Waals surface area contributed by atoms with Gasteiger partial charge in [-0.05, 0) is 25.0 Å². The predicted molar refractivity (Wildman–Crippen MR) is 98.3 cm³/mol. The maximum atomic E-state index is 12.8. The van der Waals surface area contributed by atoms with Gasteiger partial charge in [-0.1, -0.05) is 12.1 Å². The summed E-state index contributed by atoms with van der Waals surface area (Å²) >= 11 is 0. The van der Waals surface area contributed by atoms with Gasteiger partial charge in [0.15, 0.2) is 0 Å².